The van der Waals surface area contributed by atoms with E-state index in [0.29, 0.717) is 43.2 Å². The number of nitrogens with one attached hydrogen (secondary N) is 1. The minimum absolute atomic E-state index is 0.00927. The third-order valence-electron chi connectivity index (χ3n) is 6.11. The van der Waals surface area contributed by atoms with Gasteiger partial charge in [0.05, 0.1) is 5.56 Å². The number of rotatable bonds is 4. The summed E-state index contributed by atoms with van der Waals surface area (Å²) in [6, 6.07) is 9.76. The second-order valence-electron chi connectivity index (χ2n) is 8.26. The van der Waals surface area contributed by atoms with Crippen molar-refractivity contribution in [2.24, 2.45) is 5.92 Å². The lowest BCUT2D eigenvalue weighted by Crippen LogP contribution is -2.41. The molecule has 2 aromatic rings. The molecule has 0 aliphatic carbocycles. The molecule has 168 valence electrons. The Morgan fingerprint density at radius 1 is 0.812 bits per heavy atom. The number of anilines is 1. The topological polar surface area (TPSA) is 69.7 Å². The van der Waals surface area contributed by atoms with Crippen molar-refractivity contribution in [3.05, 3.63) is 65.2 Å². The van der Waals surface area contributed by atoms with Crippen LogP contribution in [0.1, 0.15) is 46.4 Å². The fourth-order valence-corrected chi connectivity index (χ4v) is 4.22. The van der Waals surface area contributed by atoms with Crippen molar-refractivity contribution in [1.29, 1.82) is 0 Å². The van der Waals surface area contributed by atoms with Crippen molar-refractivity contribution in [3.8, 4) is 0 Å². The first-order valence-electron chi connectivity index (χ1n) is 10.9. The summed E-state index contributed by atoms with van der Waals surface area (Å²) in [5.41, 5.74) is 1.04. The number of hydrogen-bond acceptors (Lipinski definition) is 3. The van der Waals surface area contributed by atoms with Gasteiger partial charge in [0.2, 0.25) is 5.91 Å². The van der Waals surface area contributed by atoms with Crippen LogP contribution in [-0.2, 0) is 4.79 Å². The first-order chi connectivity index (χ1) is 15.4. The summed E-state index contributed by atoms with van der Waals surface area (Å²) < 4.78 is 27.0. The molecule has 0 atom stereocenters. The zero-order chi connectivity index (χ0) is 22.7. The third kappa shape index (κ3) is 4.79. The van der Waals surface area contributed by atoms with Crippen molar-refractivity contribution in [2.75, 3.05) is 31.5 Å². The molecule has 2 saturated heterocycles. The van der Waals surface area contributed by atoms with Gasteiger partial charge in [-0.25, -0.2) is 8.78 Å². The van der Waals surface area contributed by atoms with Crippen LogP contribution in [0, 0.1) is 17.6 Å². The molecule has 0 bridgehead atoms. The maximum absolute atomic E-state index is 13.9. The molecular formula is C24H25F2N3O3. The van der Waals surface area contributed by atoms with Crippen LogP contribution < -0.4 is 5.32 Å². The van der Waals surface area contributed by atoms with Crippen LogP contribution in [0.15, 0.2) is 42.5 Å². The molecule has 2 fully saturated rings. The fraction of sp³-hybridized carbons (Fsp3) is 0.375. The lowest BCUT2D eigenvalue weighted by atomic mass is 9.95. The highest BCUT2D eigenvalue weighted by Crippen LogP contribution is 2.23. The van der Waals surface area contributed by atoms with E-state index in [0.717, 1.165) is 38.1 Å². The van der Waals surface area contributed by atoms with Crippen molar-refractivity contribution >= 4 is 23.4 Å². The Hall–Kier alpha value is -3.29. The molecule has 32 heavy (non-hydrogen) atoms. The SMILES string of the molecule is O=C(Nc1ccc(C(=O)N2CCCC2)cc1)C1CCN(C(=O)c2ccc(F)cc2F)CC1. The van der Waals surface area contributed by atoms with Crippen LogP contribution in [0.25, 0.3) is 0 Å². The standard InChI is InChI=1S/C24H25F2N3O3/c25-18-5-8-20(21(26)15-18)24(32)29-13-9-16(10-14-29)22(30)27-19-6-3-17(4-7-19)23(31)28-11-1-2-12-28/h3-8,15-16H,1-2,9-14H2,(H,27,30). The zero-order valence-electron chi connectivity index (χ0n) is 17.7. The lowest BCUT2D eigenvalue weighted by molar-refractivity contribution is -0.121. The molecule has 0 unspecified atom stereocenters. The quantitative estimate of drug-likeness (QED) is 0.787. The van der Waals surface area contributed by atoms with Gasteiger partial charge in [-0.3, -0.25) is 14.4 Å². The molecule has 0 spiro atoms. The number of benzene rings is 2. The maximum atomic E-state index is 13.9. The van der Waals surface area contributed by atoms with E-state index in [9.17, 15) is 23.2 Å². The Morgan fingerprint density at radius 2 is 1.44 bits per heavy atom. The molecule has 8 heteroatoms. The van der Waals surface area contributed by atoms with Gasteiger partial charge >= 0.3 is 0 Å². The predicted octanol–water partition coefficient (Wildman–Crippen LogP) is 3.69. The Labute approximate surface area is 185 Å². The number of carbonyl (C=O) groups is 3. The van der Waals surface area contributed by atoms with Crippen molar-refractivity contribution in [3.63, 3.8) is 0 Å². The van der Waals surface area contributed by atoms with E-state index in [-0.39, 0.29) is 23.3 Å². The average molecular weight is 441 g/mol. The lowest BCUT2D eigenvalue weighted by Gasteiger charge is -2.31. The molecule has 4 rings (SSSR count). The van der Waals surface area contributed by atoms with Gasteiger partial charge in [0.25, 0.3) is 11.8 Å². The normalized spacial score (nSPS) is 16.8. The third-order valence-corrected chi connectivity index (χ3v) is 6.11. The van der Waals surface area contributed by atoms with E-state index in [2.05, 4.69) is 5.32 Å². The van der Waals surface area contributed by atoms with Crippen LogP contribution in [0.5, 0.6) is 0 Å². The van der Waals surface area contributed by atoms with E-state index >= 15 is 0 Å². The molecule has 6 nitrogen and oxygen atoms in total. The smallest absolute Gasteiger partial charge is 0.256 e. The van der Waals surface area contributed by atoms with E-state index < -0.39 is 17.5 Å². The maximum Gasteiger partial charge on any atom is 0.256 e. The number of hydrogen-bond donors (Lipinski definition) is 1. The molecule has 3 amide bonds. The summed E-state index contributed by atoms with van der Waals surface area (Å²) in [6.45, 7) is 2.20. The summed E-state index contributed by atoms with van der Waals surface area (Å²) in [6.07, 6.45) is 2.96. The summed E-state index contributed by atoms with van der Waals surface area (Å²) >= 11 is 0. The van der Waals surface area contributed by atoms with Gasteiger partial charge in [-0.05, 0) is 62.1 Å². The molecular weight excluding hydrogens is 416 g/mol. The predicted molar refractivity (Wildman–Crippen MR) is 115 cm³/mol. The molecule has 2 aliphatic rings. The minimum Gasteiger partial charge on any atom is -0.339 e. The number of carbonyl (C=O) groups excluding carboxylic acids is 3. The van der Waals surface area contributed by atoms with Crippen molar-refractivity contribution in [2.45, 2.75) is 25.7 Å². The van der Waals surface area contributed by atoms with Gasteiger partial charge in [-0.15, -0.1) is 0 Å². The fourth-order valence-electron chi connectivity index (χ4n) is 4.22. The highest BCUT2D eigenvalue weighted by molar-refractivity contribution is 5.97. The Balaban J connectivity index is 1.30. The summed E-state index contributed by atoms with van der Waals surface area (Å²) in [5, 5.41) is 2.87. The highest BCUT2D eigenvalue weighted by atomic mass is 19.1. The molecule has 0 aromatic heterocycles. The molecule has 2 heterocycles. The van der Waals surface area contributed by atoms with Gasteiger partial charge < -0.3 is 15.1 Å². The first kappa shape index (κ1) is 21.9. The van der Waals surface area contributed by atoms with Crippen molar-refractivity contribution < 1.29 is 23.2 Å². The molecule has 2 aromatic carbocycles. The van der Waals surface area contributed by atoms with Crippen LogP contribution >= 0.6 is 0 Å². The van der Waals surface area contributed by atoms with E-state index in [1.165, 1.54) is 4.90 Å². The van der Waals surface area contributed by atoms with Crippen LogP contribution in [0.3, 0.4) is 0 Å². The van der Waals surface area contributed by atoms with Crippen LogP contribution in [0.2, 0.25) is 0 Å². The van der Waals surface area contributed by atoms with Crippen LogP contribution in [0.4, 0.5) is 14.5 Å². The Morgan fingerprint density at radius 3 is 2.06 bits per heavy atom. The summed E-state index contributed by atoms with van der Waals surface area (Å²) in [4.78, 5) is 40.9. The van der Waals surface area contributed by atoms with E-state index in [1.54, 1.807) is 24.3 Å². The van der Waals surface area contributed by atoms with Gasteiger partial charge in [0.1, 0.15) is 11.6 Å². The van der Waals surface area contributed by atoms with Gasteiger partial charge in [-0.1, -0.05) is 0 Å². The largest absolute Gasteiger partial charge is 0.339 e. The average Bonchev–Trinajstić information content (AvgIpc) is 3.34. The van der Waals surface area contributed by atoms with Crippen molar-refractivity contribution in [1.82, 2.24) is 9.80 Å². The minimum atomic E-state index is -0.887. The second kappa shape index (κ2) is 9.46. The van der Waals surface area contributed by atoms with E-state index in [1.807, 2.05) is 4.90 Å². The first-order valence-corrected chi connectivity index (χ1v) is 10.9. The summed E-state index contributed by atoms with van der Waals surface area (Å²) in [5.74, 6) is -2.54. The molecule has 1 N–H and O–H groups in total. The molecule has 0 saturated carbocycles. The van der Waals surface area contributed by atoms with Gasteiger partial charge in [0, 0.05) is 49.4 Å². The number of likely N-dealkylation sites (tertiary alicyclic amines) is 2. The molecule has 0 radical (unpaired) electrons. The number of nitrogens with zero attached hydrogens (tertiary/aromatic N) is 2. The zero-order valence-corrected chi connectivity index (χ0v) is 17.7. The van der Waals surface area contributed by atoms with Gasteiger partial charge in [0.15, 0.2) is 0 Å². The van der Waals surface area contributed by atoms with Crippen LogP contribution in [-0.4, -0.2) is 53.7 Å². The second-order valence-corrected chi connectivity index (χ2v) is 8.26. The number of piperidine rings is 1. The Kier molecular flexibility index (Phi) is 6.48. The highest BCUT2D eigenvalue weighted by Gasteiger charge is 2.29. The monoisotopic (exact) mass is 441 g/mol. The van der Waals surface area contributed by atoms with E-state index in [4.69, 9.17) is 0 Å². The summed E-state index contributed by atoms with van der Waals surface area (Å²) in [7, 11) is 0. The molecule has 2 aliphatic heterocycles. The number of halogens is 2. The van der Waals surface area contributed by atoms with Gasteiger partial charge in [-0.2, -0.15) is 0 Å². The Bertz CT molecular complexity index is 1010. The number of amides is 3.